The third-order valence-electron chi connectivity index (χ3n) is 4.91. The lowest BCUT2D eigenvalue weighted by Crippen LogP contribution is -2.38. The molecule has 1 amide bonds. The maximum Gasteiger partial charge on any atom is 0.247 e. The maximum absolute atomic E-state index is 13.1. The quantitative estimate of drug-likeness (QED) is 0.554. The van der Waals surface area contributed by atoms with Crippen molar-refractivity contribution < 1.29 is 14.3 Å². The van der Waals surface area contributed by atoms with Gasteiger partial charge in [0.25, 0.3) is 0 Å². The molecule has 0 spiro atoms. The number of hydrogen-bond acceptors (Lipinski definition) is 5. The van der Waals surface area contributed by atoms with Gasteiger partial charge in [0.2, 0.25) is 5.91 Å². The van der Waals surface area contributed by atoms with Crippen LogP contribution in [0.2, 0.25) is 0 Å². The van der Waals surface area contributed by atoms with Gasteiger partial charge in [-0.3, -0.25) is 4.79 Å². The summed E-state index contributed by atoms with van der Waals surface area (Å²) in [5.74, 6) is 1.41. The van der Waals surface area contributed by atoms with Crippen LogP contribution in [0.5, 0.6) is 11.5 Å². The lowest BCUT2D eigenvalue weighted by molar-refractivity contribution is -0.127. The summed E-state index contributed by atoms with van der Waals surface area (Å²) in [4.78, 5) is 17.7. The largest absolute Gasteiger partial charge is 0.497 e. The first-order valence-electron chi connectivity index (χ1n) is 9.01. The average Bonchev–Trinajstić information content (AvgIpc) is 3.42. The molecule has 0 saturated carbocycles. The summed E-state index contributed by atoms with van der Waals surface area (Å²) in [5.41, 5.74) is 2.10. The molecule has 0 unspecified atom stereocenters. The van der Waals surface area contributed by atoms with E-state index >= 15 is 0 Å². The van der Waals surface area contributed by atoms with Crippen LogP contribution in [0.3, 0.4) is 0 Å². The van der Waals surface area contributed by atoms with E-state index in [1.165, 1.54) is 15.3 Å². The van der Waals surface area contributed by atoms with Gasteiger partial charge < -0.3 is 14.4 Å². The molecule has 4 rings (SSSR count). The number of amides is 1. The summed E-state index contributed by atoms with van der Waals surface area (Å²) in [6, 6.07) is 11.9. The molecule has 3 aromatic rings. The Balaban J connectivity index is 1.62. The molecule has 2 aromatic heterocycles. The Bertz CT molecular complexity index is 991. The number of nitrogens with zero attached hydrogens (tertiary/aromatic N) is 1. The summed E-state index contributed by atoms with van der Waals surface area (Å²) in [6.45, 7) is 0.721. The minimum atomic E-state index is -0.00934. The molecule has 0 radical (unpaired) electrons. The third kappa shape index (κ3) is 3.57. The molecule has 0 bridgehead atoms. The SMILES string of the molecule is COc1ccc(/C=C/C(=O)N2CCc3sccc3[C@H]2c2cccs2)c(OC)c1. The number of ether oxygens (including phenoxy) is 2. The first-order chi connectivity index (χ1) is 13.7. The maximum atomic E-state index is 13.1. The van der Waals surface area contributed by atoms with Gasteiger partial charge in [0, 0.05) is 34.0 Å². The van der Waals surface area contributed by atoms with E-state index in [4.69, 9.17) is 9.47 Å². The molecule has 0 saturated heterocycles. The molecule has 3 heterocycles. The van der Waals surface area contributed by atoms with Crippen LogP contribution in [0, 0.1) is 0 Å². The monoisotopic (exact) mass is 411 g/mol. The highest BCUT2D eigenvalue weighted by Crippen LogP contribution is 2.39. The normalized spacial score (nSPS) is 16.2. The van der Waals surface area contributed by atoms with Crippen LogP contribution in [-0.4, -0.2) is 31.6 Å². The van der Waals surface area contributed by atoms with E-state index in [0.717, 1.165) is 24.3 Å². The first-order valence-corrected chi connectivity index (χ1v) is 10.8. The summed E-state index contributed by atoms with van der Waals surface area (Å²) >= 11 is 3.47. The van der Waals surface area contributed by atoms with E-state index in [2.05, 4.69) is 22.9 Å². The Hall–Kier alpha value is -2.57. The fourth-order valence-corrected chi connectivity index (χ4v) is 5.28. The number of fused-ring (bicyclic) bond motifs is 1. The van der Waals surface area contributed by atoms with Crippen LogP contribution in [-0.2, 0) is 11.2 Å². The smallest absolute Gasteiger partial charge is 0.247 e. The van der Waals surface area contributed by atoms with Gasteiger partial charge in [-0.2, -0.15) is 0 Å². The van der Waals surface area contributed by atoms with Gasteiger partial charge in [0.05, 0.1) is 20.3 Å². The molecule has 1 atom stereocenters. The van der Waals surface area contributed by atoms with E-state index in [-0.39, 0.29) is 11.9 Å². The molecule has 6 heteroatoms. The van der Waals surface area contributed by atoms with Crippen molar-refractivity contribution in [3.05, 3.63) is 74.1 Å². The van der Waals surface area contributed by atoms with Crippen molar-refractivity contribution in [3.63, 3.8) is 0 Å². The Labute approximate surface area is 172 Å². The number of thiophene rings is 2. The molecule has 1 aromatic carbocycles. The van der Waals surface area contributed by atoms with Gasteiger partial charge in [-0.25, -0.2) is 0 Å². The Morgan fingerprint density at radius 2 is 2.04 bits per heavy atom. The second-order valence-corrected chi connectivity index (χ2v) is 8.42. The van der Waals surface area contributed by atoms with E-state index in [1.54, 1.807) is 43.0 Å². The fourth-order valence-electron chi connectivity index (χ4n) is 3.52. The molecule has 4 nitrogen and oxygen atoms in total. The molecular formula is C22H21NO3S2. The van der Waals surface area contributed by atoms with Crippen molar-refractivity contribution in [1.82, 2.24) is 4.90 Å². The highest BCUT2D eigenvalue weighted by Gasteiger charge is 2.32. The van der Waals surface area contributed by atoms with Crippen molar-refractivity contribution in [3.8, 4) is 11.5 Å². The number of benzene rings is 1. The second-order valence-electron chi connectivity index (χ2n) is 6.44. The van der Waals surface area contributed by atoms with Crippen LogP contribution in [0.1, 0.15) is 26.9 Å². The van der Waals surface area contributed by atoms with Crippen molar-refractivity contribution in [1.29, 1.82) is 0 Å². The van der Waals surface area contributed by atoms with Crippen molar-refractivity contribution in [2.75, 3.05) is 20.8 Å². The number of methoxy groups -OCH3 is 2. The fraction of sp³-hybridized carbons (Fsp3) is 0.227. The Morgan fingerprint density at radius 1 is 1.14 bits per heavy atom. The van der Waals surface area contributed by atoms with Gasteiger partial charge in [-0.05, 0) is 53.1 Å². The number of hydrogen-bond donors (Lipinski definition) is 0. The Kier molecular flexibility index (Phi) is 5.50. The van der Waals surface area contributed by atoms with E-state index < -0.39 is 0 Å². The van der Waals surface area contributed by atoms with E-state index in [0.29, 0.717) is 5.75 Å². The van der Waals surface area contributed by atoms with Crippen LogP contribution in [0.15, 0.2) is 53.2 Å². The molecule has 144 valence electrons. The average molecular weight is 412 g/mol. The van der Waals surface area contributed by atoms with Crippen molar-refractivity contribution in [2.45, 2.75) is 12.5 Å². The number of carbonyl (C=O) groups is 1. The highest BCUT2D eigenvalue weighted by molar-refractivity contribution is 7.10. The Morgan fingerprint density at radius 3 is 2.79 bits per heavy atom. The van der Waals surface area contributed by atoms with Crippen LogP contribution >= 0.6 is 22.7 Å². The van der Waals surface area contributed by atoms with Gasteiger partial charge in [0.15, 0.2) is 0 Å². The molecule has 1 aliphatic heterocycles. The van der Waals surface area contributed by atoms with Gasteiger partial charge >= 0.3 is 0 Å². The summed E-state index contributed by atoms with van der Waals surface area (Å²) in [6.07, 6.45) is 4.36. The molecule has 0 aliphatic carbocycles. The lowest BCUT2D eigenvalue weighted by Gasteiger charge is -2.34. The zero-order valence-corrected chi connectivity index (χ0v) is 17.4. The second kappa shape index (κ2) is 8.20. The summed E-state index contributed by atoms with van der Waals surface area (Å²) in [5, 5.41) is 4.19. The predicted octanol–water partition coefficient (Wildman–Crippen LogP) is 5.01. The molecular weight excluding hydrogens is 390 g/mol. The first kappa shape index (κ1) is 18.8. The van der Waals surface area contributed by atoms with Crippen LogP contribution < -0.4 is 9.47 Å². The van der Waals surface area contributed by atoms with Gasteiger partial charge in [-0.15, -0.1) is 22.7 Å². The number of rotatable bonds is 5. The standard InChI is InChI=1S/C22H21NO3S2/c1-25-16-7-5-15(18(14-16)26-2)6-8-21(24)23-11-9-19-17(10-13-28-19)22(23)20-4-3-12-27-20/h3-8,10,12-14,22H,9,11H2,1-2H3/b8-6+/t22-/m0/s1. The predicted molar refractivity (Wildman–Crippen MR) is 114 cm³/mol. The van der Waals surface area contributed by atoms with Crippen LogP contribution in [0.25, 0.3) is 6.08 Å². The lowest BCUT2D eigenvalue weighted by atomic mass is 9.98. The molecule has 28 heavy (non-hydrogen) atoms. The molecule has 0 N–H and O–H groups in total. The molecule has 0 fully saturated rings. The van der Waals surface area contributed by atoms with Crippen molar-refractivity contribution in [2.24, 2.45) is 0 Å². The van der Waals surface area contributed by atoms with Crippen LogP contribution in [0.4, 0.5) is 0 Å². The topological polar surface area (TPSA) is 38.8 Å². The van der Waals surface area contributed by atoms with Gasteiger partial charge in [0.1, 0.15) is 11.5 Å². The number of carbonyl (C=O) groups excluding carboxylic acids is 1. The van der Waals surface area contributed by atoms with Gasteiger partial charge in [-0.1, -0.05) is 6.07 Å². The summed E-state index contributed by atoms with van der Waals surface area (Å²) < 4.78 is 10.7. The zero-order chi connectivity index (χ0) is 19.5. The van der Waals surface area contributed by atoms with E-state index in [1.807, 2.05) is 35.2 Å². The minimum absolute atomic E-state index is 0.00752. The summed E-state index contributed by atoms with van der Waals surface area (Å²) in [7, 11) is 3.23. The van der Waals surface area contributed by atoms with Crippen molar-refractivity contribution >= 4 is 34.7 Å². The third-order valence-corrected chi connectivity index (χ3v) is 6.83. The minimum Gasteiger partial charge on any atom is -0.497 e. The molecule has 1 aliphatic rings. The highest BCUT2D eigenvalue weighted by atomic mass is 32.1. The van der Waals surface area contributed by atoms with E-state index in [9.17, 15) is 4.79 Å². The zero-order valence-electron chi connectivity index (χ0n) is 15.8.